The molecule has 0 amide bonds. The molecule has 0 bridgehead atoms. The van der Waals surface area contributed by atoms with Gasteiger partial charge in [-0.2, -0.15) is 0 Å². The van der Waals surface area contributed by atoms with Gasteiger partial charge in [0, 0.05) is 18.2 Å². The van der Waals surface area contributed by atoms with Crippen LogP contribution in [0.3, 0.4) is 0 Å². The van der Waals surface area contributed by atoms with Crippen molar-refractivity contribution in [1.82, 2.24) is 0 Å². The minimum atomic E-state index is -0.324. The molecule has 2 rings (SSSR count). The second kappa shape index (κ2) is 5.43. The molecule has 104 valence electrons. The van der Waals surface area contributed by atoms with E-state index in [-0.39, 0.29) is 22.4 Å². The zero-order valence-corrected chi connectivity index (χ0v) is 12.0. The first kappa shape index (κ1) is 14.2. The van der Waals surface area contributed by atoms with Crippen LogP contribution in [0.1, 0.15) is 32.3 Å². The van der Waals surface area contributed by atoms with Crippen LogP contribution in [0.25, 0.3) is 0 Å². The average molecular weight is 282 g/mol. The molecule has 1 aliphatic rings. The van der Waals surface area contributed by atoms with Gasteiger partial charge >= 0.3 is 0 Å². The highest BCUT2D eigenvalue weighted by Crippen LogP contribution is 2.27. The van der Waals surface area contributed by atoms with Gasteiger partial charge in [0.25, 0.3) is 0 Å². The van der Waals surface area contributed by atoms with Crippen molar-refractivity contribution in [2.75, 3.05) is 11.9 Å². The third-order valence-electron chi connectivity index (χ3n) is 3.31. The van der Waals surface area contributed by atoms with Crippen molar-refractivity contribution in [1.29, 1.82) is 0 Å². The molecular formula is C14H19FN2OS. The van der Waals surface area contributed by atoms with Gasteiger partial charge in [-0.05, 0) is 44.9 Å². The molecule has 1 heterocycles. The Hall–Kier alpha value is -1.20. The number of hydrogen-bond donors (Lipinski definition) is 2. The van der Waals surface area contributed by atoms with Gasteiger partial charge in [0.15, 0.2) is 0 Å². The lowest BCUT2D eigenvalue weighted by Crippen LogP contribution is -2.40. The standard InChI is InChI=1S/C14H19FN2OS/c1-14(2)8-10(5-6-18-14)17-12-4-3-9(13(16)19)7-11(12)15/h3-4,7,10,17H,5-6,8H2,1-2H3,(H2,16,19). The van der Waals surface area contributed by atoms with E-state index in [9.17, 15) is 4.39 Å². The SMILES string of the molecule is CC1(C)CC(Nc2ccc(C(N)=S)cc2F)CCO1. The number of nitrogens with one attached hydrogen (secondary N) is 1. The average Bonchev–Trinajstić information content (AvgIpc) is 2.30. The highest BCUT2D eigenvalue weighted by Gasteiger charge is 2.29. The Bertz CT molecular complexity index is 490. The maximum Gasteiger partial charge on any atom is 0.146 e. The van der Waals surface area contributed by atoms with E-state index < -0.39 is 0 Å². The van der Waals surface area contributed by atoms with Crippen LogP contribution in [-0.4, -0.2) is 23.2 Å². The predicted molar refractivity (Wildman–Crippen MR) is 79.0 cm³/mol. The van der Waals surface area contributed by atoms with E-state index in [1.165, 1.54) is 6.07 Å². The summed E-state index contributed by atoms with van der Waals surface area (Å²) in [7, 11) is 0. The molecule has 3 N–H and O–H groups in total. The Kier molecular flexibility index (Phi) is 4.06. The van der Waals surface area contributed by atoms with Gasteiger partial charge in [-0.1, -0.05) is 12.2 Å². The van der Waals surface area contributed by atoms with E-state index in [0.717, 1.165) is 12.8 Å². The van der Waals surface area contributed by atoms with Crippen molar-refractivity contribution in [3.63, 3.8) is 0 Å². The van der Waals surface area contributed by atoms with Crippen molar-refractivity contribution in [3.05, 3.63) is 29.6 Å². The van der Waals surface area contributed by atoms with Gasteiger partial charge in [-0.15, -0.1) is 0 Å². The summed E-state index contributed by atoms with van der Waals surface area (Å²) < 4.78 is 19.6. The largest absolute Gasteiger partial charge is 0.389 e. The summed E-state index contributed by atoms with van der Waals surface area (Å²) in [5.41, 5.74) is 6.35. The van der Waals surface area contributed by atoms with Crippen LogP contribution >= 0.6 is 12.2 Å². The lowest BCUT2D eigenvalue weighted by molar-refractivity contribution is -0.0553. The number of thiocarbonyl (C=S) groups is 1. The van der Waals surface area contributed by atoms with Crippen LogP contribution in [0.5, 0.6) is 0 Å². The fourth-order valence-corrected chi connectivity index (χ4v) is 2.49. The maximum absolute atomic E-state index is 13.9. The topological polar surface area (TPSA) is 47.3 Å². The minimum Gasteiger partial charge on any atom is -0.389 e. The number of halogens is 1. The number of ether oxygens (including phenoxy) is 1. The quantitative estimate of drug-likeness (QED) is 0.837. The molecule has 0 saturated carbocycles. The molecule has 1 saturated heterocycles. The van der Waals surface area contributed by atoms with Crippen LogP contribution in [0.2, 0.25) is 0 Å². The van der Waals surface area contributed by atoms with Crippen molar-refractivity contribution >= 4 is 22.9 Å². The van der Waals surface area contributed by atoms with Crippen molar-refractivity contribution < 1.29 is 9.13 Å². The van der Waals surface area contributed by atoms with Crippen LogP contribution in [0, 0.1) is 5.82 Å². The van der Waals surface area contributed by atoms with E-state index in [2.05, 4.69) is 5.32 Å². The van der Waals surface area contributed by atoms with E-state index in [0.29, 0.717) is 17.9 Å². The number of hydrogen-bond acceptors (Lipinski definition) is 3. The normalized spacial score (nSPS) is 21.9. The van der Waals surface area contributed by atoms with Gasteiger partial charge in [0.2, 0.25) is 0 Å². The summed E-state index contributed by atoms with van der Waals surface area (Å²) in [4.78, 5) is 0.206. The summed E-state index contributed by atoms with van der Waals surface area (Å²) in [6, 6.07) is 5.01. The molecule has 1 fully saturated rings. The molecular weight excluding hydrogens is 263 g/mol. The Morgan fingerprint density at radius 1 is 1.53 bits per heavy atom. The number of nitrogens with two attached hydrogens (primary N) is 1. The van der Waals surface area contributed by atoms with E-state index in [4.69, 9.17) is 22.7 Å². The van der Waals surface area contributed by atoms with E-state index in [1.54, 1.807) is 12.1 Å². The fraction of sp³-hybridized carbons (Fsp3) is 0.500. The fourth-order valence-electron chi connectivity index (χ4n) is 2.36. The Morgan fingerprint density at radius 3 is 2.84 bits per heavy atom. The Labute approximate surface area is 118 Å². The molecule has 1 atom stereocenters. The number of benzene rings is 1. The van der Waals surface area contributed by atoms with Gasteiger partial charge in [0.1, 0.15) is 10.8 Å². The monoisotopic (exact) mass is 282 g/mol. The second-order valence-corrected chi connectivity index (χ2v) is 5.94. The molecule has 0 spiro atoms. The highest BCUT2D eigenvalue weighted by atomic mass is 32.1. The second-order valence-electron chi connectivity index (χ2n) is 5.50. The first-order valence-electron chi connectivity index (χ1n) is 6.37. The summed E-state index contributed by atoms with van der Waals surface area (Å²) in [6.45, 7) is 4.79. The van der Waals surface area contributed by atoms with Crippen molar-refractivity contribution in [3.8, 4) is 0 Å². The third-order valence-corrected chi connectivity index (χ3v) is 3.55. The summed E-state index contributed by atoms with van der Waals surface area (Å²) in [6.07, 6.45) is 1.73. The summed E-state index contributed by atoms with van der Waals surface area (Å²) in [5, 5.41) is 3.23. The van der Waals surface area contributed by atoms with Gasteiger partial charge < -0.3 is 15.8 Å². The van der Waals surface area contributed by atoms with E-state index in [1.807, 2.05) is 13.8 Å². The first-order valence-corrected chi connectivity index (χ1v) is 6.78. The smallest absolute Gasteiger partial charge is 0.146 e. The maximum atomic E-state index is 13.9. The Balaban J connectivity index is 2.09. The summed E-state index contributed by atoms with van der Waals surface area (Å²) >= 11 is 4.83. The van der Waals surface area contributed by atoms with Gasteiger partial charge in [0.05, 0.1) is 11.3 Å². The number of rotatable bonds is 3. The number of anilines is 1. The van der Waals surface area contributed by atoms with Crippen molar-refractivity contribution in [2.45, 2.75) is 38.3 Å². The molecule has 1 aromatic rings. The van der Waals surface area contributed by atoms with E-state index >= 15 is 0 Å². The van der Waals surface area contributed by atoms with Crippen LogP contribution in [-0.2, 0) is 4.74 Å². The zero-order chi connectivity index (χ0) is 14.0. The molecule has 19 heavy (non-hydrogen) atoms. The molecule has 0 aliphatic carbocycles. The zero-order valence-electron chi connectivity index (χ0n) is 11.2. The van der Waals surface area contributed by atoms with Gasteiger partial charge in [-0.3, -0.25) is 0 Å². The third kappa shape index (κ3) is 3.64. The molecule has 3 nitrogen and oxygen atoms in total. The molecule has 5 heteroatoms. The lowest BCUT2D eigenvalue weighted by Gasteiger charge is -2.36. The molecule has 0 aromatic heterocycles. The molecule has 1 aliphatic heterocycles. The predicted octanol–water partition coefficient (Wildman–Crippen LogP) is 2.83. The minimum absolute atomic E-state index is 0.162. The first-order chi connectivity index (χ1) is 8.87. The van der Waals surface area contributed by atoms with Crippen LogP contribution in [0.4, 0.5) is 10.1 Å². The highest BCUT2D eigenvalue weighted by molar-refractivity contribution is 7.80. The van der Waals surface area contributed by atoms with Crippen LogP contribution < -0.4 is 11.1 Å². The molecule has 1 aromatic carbocycles. The Morgan fingerprint density at radius 2 is 2.26 bits per heavy atom. The lowest BCUT2D eigenvalue weighted by atomic mass is 9.94. The van der Waals surface area contributed by atoms with Crippen molar-refractivity contribution in [2.24, 2.45) is 5.73 Å². The van der Waals surface area contributed by atoms with Gasteiger partial charge in [-0.25, -0.2) is 4.39 Å². The van der Waals surface area contributed by atoms with Crippen LogP contribution in [0.15, 0.2) is 18.2 Å². The molecule has 0 radical (unpaired) electrons. The molecule has 1 unspecified atom stereocenters. The summed E-state index contributed by atoms with van der Waals surface area (Å²) in [5.74, 6) is -0.324.